The summed E-state index contributed by atoms with van der Waals surface area (Å²) in [6.07, 6.45) is 8.09. The van der Waals surface area contributed by atoms with Gasteiger partial charge >= 0.3 is 6.85 Å². The molecule has 0 unspecified atom stereocenters. The maximum Gasteiger partial charge on any atom is 0.343 e. The summed E-state index contributed by atoms with van der Waals surface area (Å²) in [5.74, 6) is 0. The van der Waals surface area contributed by atoms with Crippen LogP contribution in [0.1, 0.15) is 154 Å². The van der Waals surface area contributed by atoms with E-state index in [0.717, 1.165) is 12.8 Å². The molecule has 0 saturated heterocycles. The number of nitrogens with zero attached hydrogens (tertiary/aromatic N) is 2. The van der Waals surface area contributed by atoms with Gasteiger partial charge in [0, 0.05) is 48.5 Å². The van der Waals surface area contributed by atoms with Gasteiger partial charge in [0.25, 0.3) is 0 Å². The summed E-state index contributed by atoms with van der Waals surface area (Å²) in [5.41, 5.74) is 28.5. The fourth-order valence-electron chi connectivity index (χ4n) is 15.1. The molecular weight excluding hydrogens is 948 g/mol. The number of anilines is 5. The van der Waals surface area contributed by atoms with Gasteiger partial charge in [0.1, 0.15) is 0 Å². The van der Waals surface area contributed by atoms with Crippen LogP contribution in [-0.4, -0.2) is 6.85 Å². The van der Waals surface area contributed by atoms with E-state index < -0.39 is 0 Å². The second-order valence-electron chi connectivity index (χ2n) is 26.8. The third kappa shape index (κ3) is 7.19. The van der Waals surface area contributed by atoms with Gasteiger partial charge in [0.15, 0.2) is 0 Å². The quantitative estimate of drug-likeness (QED) is 0.147. The number of hydrogen-bond donors (Lipinski definition) is 0. The highest BCUT2D eigenvalue weighted by Crippen LogP contribution is 2.61. The average molecular weight is 1020 g/mol. The first-order valence-corrected chi connectivity index (χ1v) is 29.7. The van der Waals surface area contributed by atoms with Crippen molar-refractivity contribution < 1.29 is 0 Å². The monoisotopic (exact) mass is 1020 g/mol. The summed E-state index contributed by atoms with van der Waals surface area (Å²) < 4.78 is 2.80. The van der Waals surface area contributed by atoms with Crippen LogP contribution in [0.2, 0.25) is 0 Å². The van der Waals surface area contributed by atoms with Crippen LogP contribution in [0.5, 0.6) is 0 Å². The third-order valence-electron chi connectivity index (χ3n) is 19.7. The number of fused-ring (bicyclic) bond motifs is 12. The van der Waals surface area contributed by atoms with Crippen molar-refractivity contribution in [3.05, 3.63) is 197 Å². The Hall–Kier alpha value is -6.62. The number of hydrogen-bond acceptors (Lipinski definition) is 3. The van der Waals surface area contributed by atoms with Gasteiger partial charge < -0.3 is 9.71 Å². The van der Waals surface area contributed by atoms with E-state index in [2.05, 4.69) is 255 Å². The van der Waals surface area contributed by atoms with Crippen molar-refractivity contribution in [3.8, 4) is 44.5 Å². The van der Waals surface area contributed by atoms with Crippen LogP contribution in [0.15, 0.2) is 158 Å². The number of rotatable bonds is 7. The Labute approximate surface area is 463 Å². The van der Waals surface area contributed by atoms with E-state index in [-0.39, 0.29) is 33.9 Å². The zero-order valence-electron chi connectivity index (χ0n) is 47.3. The highest BCUT2D eigenvalue weighted by molar-refractivity contribution is 7.32. The summed E-state index contributed by atoms with van der Waals surface area (Å²) in [6, 6.07) is 62.3. The van der Waals surface area contributed by atoms with Crippen LogP contribution >= 0.6 is 11.3 Å². The average Bonchev–Trinajstić information content (AvgIpc) is 4.12. The molecule has 77 heavy (non-hydrogen) atoms. The summed E-state index contributed by atoms with van der Waals surface area (Å²) in [4.78, 5) is 5.67. The predicted octanol–water partition coefficient (Wildman–Crippen LogP) is 19.3. The minimum Gasteiger partial charge on any atom is -0.376 e. The SMILES string of the molecule is CCCCc1ccc(N2c3c4c(cc5c3C(C)(C)c3ccccc3-5)-c3ccc(-c5ccccc5)cc3N(c3ccc5c(c3)C(C)(C)CCC5(C)C)B4c3sc4cc5c(cc4c32)C(C)(C)CCC5(C)C)c(-c2ccccc2)c1. The topological polar surface area (TPSA) is 6.48 Å². The smallest absolute Gasteiger partial charge is 0.343 e. The minimum atomic E-state index is -0.300. The van der Waals surface area contributed by atoms with Crippen molar-refractivity contribution in [2.24, 2.45) is 0 Å². The number of unbranched alkanes of at least 4 members (excludes halogenated alkanes) is 1. The number of thiophene rings is 1. The molecule has 3 aliphatic carbocycles. The Kier molecular flexibility index (Phi) is 10.7. The largest absolute Gasteiger partial charge is 0.376 e. The molecule has 0 radical (unpaired) electrons. The van der Waals surface area contributed by atoms with E-state index in [1.807, 2.05) is 0 Å². The Morgan fingerprint density at radius 1 is 0.468 bits per heavy atom. The molecule has 5 aliphatic rings. The fourth-order valence-corrected chi connectivity index (χ4v) is 16.4. The molecule has 2 nitrogen and oxygen atoms in total. The molecule has 2 aliphatic heterocycles. The van der Waals surface area contributed by atoms with Crippen molar-refractivity contribution in [3.63, 3.8) is 0 Å². The predicted molar refractivity (Wildman–Crippen MR) is 333 cm³/mol. The highest BCUT2D eigenvalue weighted by atomic mass is 32.1. The molecule has 0 bridgehead atoms. The van der Waals surface area contributed by atoms with Gasteiger partial charge in [0.05, 0.1) is 11.4 Å². The standard InChI is InChI=1S/C73H73BN2S/c1-12-13-22-45-29-34-61(52(39-45)47-25-18-15-19-26-47)75-66-55-43-59-60(72(8,9)38-37-71(59,6)7)44-63(55)77-68(66)74-65-54(42-53-50-27-20-21-28-56(50)73(10,11)64(53)67(65)75)51-32-30-48(46-23-16-14-17-24-46)40-62(51)76(74)49-31-33-57-58(41-49)70(4,5)36-35-69(57,2)3/h14-21,23-34,39-44H,12-13,22,35-38H2,1-11H3. The third-order valence-corrected chi connectivity index (χ3v) is 20.9. The molecule has 4 heteroatoms. The van der Waals surface area contributed by atoms with Crippen molar-refractivity contribution in [2.75, 3.05) is 9.71 Å². The molecule has 0 spiro atoms. The van der Waals surface area contributed by atoms with Gasteiger partial charge in [-0.25, -0.2) is 0 Å². The first kappa shape index (κ1) is 48.7. The zero-order valence-corrected chi connectivity index (χ0v) is 48.2. The van der Waals surface area contributed by atoms with Crippen LogP contribution in [0.4, 0.5) is 28.4 Å². The maximum absolute atomic E-state index is 2.84. The molecule has 1 aromatic heterocycles. The van der Waals surface area contributed by atoms with Gasteiger partial charge in [-0.15, -0.1) is 11.3 Å². The Morgan fingerprint density at radius 3 is 1.81 bits per heavy atom. The molecular formula is C73H73BN2S. The summed E-state index contributed by atoms with van der Waals surface area (Å²) >= 11 is 2.07. The molecule has 0 N–H and O–H groups in total. The van der Waals surface area contributed by atoms with Gasteiger partial charge in [-0.2, -0.15) is 0 Å². The van der Waals surface area contributed by atoms with Gasteiger partial charge in [-0.3, -0.25) is 0 Å². The van der Waals surface area contributed by atoms with Crippen LogP contribution in [0, 0.1) is 0 Å². The number of benzene rings is 8. The highest BCUT2D eigenvalue weighted by Gasteiger charge is 2.53. The molecule has 384 valence electrons. The Balaban J connectivity index is 1.18. The van der Waals surface area contributed by atoms with E-state index in [4.69, 9.17) is 0 Å². The maximum atomic E-state index is 2.84. The Bertz CT molecular complexity index is 3910. The molecule has 8 aromatic carbocycles. The fraction of sp³-hybridized carbons (Fsp3) is 0.315. The summed E-state index contributed by atoms with van der Waals surface area (Å²) in [5, 5.41) is 1.37. The lowest BCUT2D eigenvalue weighted by molar-refractivity contribution is 0.332. The van der Waals surface area contributed by atoms with E-state index in [0.29, 0.717) is 0 Å². The van der Waals surface area contributed by atoms with Gasteiger partial charge in [-0.05, 0) is 187 Å². The zero-order chi connectivity index (χ0) is 53.1. The second-order valence-corrected chi connectivity index (χ2v) is 27.9. The van der Waals surface area contributed by atoms with Crippen LogP contribution in [0.3, 0.4) is 0 Å². The van der Waals surface area contributed by atoms with Crippen LogP contribution in [-0.2, 0) is 33.5 Å². The molecule has 0 fully saturated rings. The first-order chi connectivity index (χ1) is 36.9. The summed E-state index contributed by atoms with van der Waals surface area (Å²) in [7, 11) is 0. The lowest BCUT2D eigenvalue weighted by Crippen LogP contribution is -2.61. The molecule has 0 atom stereocenters. The van der Waals surface area contributed by atoms with Crippen molar-refractivity contribution in [1.82, 2.24) is 0 Å². The normalized spacial score (nSPS) is 18.2. The first-order valence-electron chi connectivity index (χ1n) is 28.9. The van der Waals surface area contributed by atoms with Crippen molar-refractivity contribution >= 4 is 66.9 Å². The number of aryl methyl sites for hydroxylation is 1. The van der Waals surface area contributed by atoms with E-state index >= 15 is 0 Å². The van der Waals surface area contributed by atoms with Gasteiger partial charge in [-0.1, -0.05) is 192 Å². The molecule has 9 aromatic rings. The van der Waals surface area contributed by atoms with Crippen LogP contribution < -0.4 is 20.0 Å². The molecule has 3 heterocycles. The van der Waals surface area contributed by atoms with E-state index in [9.17, 15) is 0 Å². The lowest BCUT2D eigenvalue weighted by atomic mass is 9.45. The Morgan fingerprint density at radius 2 is 1.10 bits per heavy atom. The molecule has 0 saturated carbocycles. The van der Waals surface area contributed by atoms with Gasteiger partial charge in [0.2, 0.25) is 0 Å². The van der Waals surface area contributed by atoms with Crippen molar-refractivity contribution in [2.45, 2.75) is 148 Å². The van der Waals surface area contributed by atoms with Crippen molar-refractivity contribution in [1.29, 1.82) is 0 Å². The molecule has 14 rings (SSSR count). The summed E-state index contributed by atoms with van der Waals surface area (Å²) in [6.45, 7) is 27.1. The molecule has 0 amide bonds. The van der Waals surface area contributed by atoms with E-state index in [1.165, 1.54) is 164 Å². The second kappa shape index (κ2) is 16.9. The lowest BCUT2D eigenvalue weighted by Gasteiger charge is -2.48. The van der Waals surface area contributed by atoms with E-state index in [1.54, 1.807) is 0 Å². The minimum absolute atomic E-state index is 0.0345. The van der Waals surface area contributed by atoms with Crippen LogP contribution in [0.25, 0.3) is 54.6 Å².